The highest BCUT2D eigenvalue weighted by molar-refractivity contribution is 5.93. The molecule has 1 N–H and O–H groups in total. The Bertz CT molecular complexity index is 1330. The molecule has 0 bridgehead atoms. The van der Waals surface area contributed by atoms with Crippen LogP contribution in [0.4, 0.5) is 4.39 Å². The van der Waals surface area contributed by atoms with Crippen LogP contribution in [0.25, 0.3) is 16.9 Å². The Morgan fingerprint density at radius 3 is 2.63 bits per heavy atom. The molecule has 1 aliphatic heterocycles. The second-order valence-corrected chi connectivity index (χ2v) is 10.4. The lowest BCUT2D eigenvalue weighted by Crippen LogP contribution is -2.38. The molecule has 3 fully saturated rings. The summed E-state index contributed by atoms with van der Waals surface area (Å²) in [6, 6.07) is 8.70. The molecule has 0 spiro atoms. The number of hydrogen-bond donors (Lipinski definition) is 1. The lowest BCUT2D eigenvalue weighted by Gasteiger charge is -2.27. The first-order valence-corrected chi connectivity index (χ1v) is 12.6. The number of aromatic nitrogens is 3. The van der Waals surface area contributed by atoms with Crippen LogP contribution in [0, 0.1) is 11.7 Å². The summed E-state index contributed by atoms with van der Waals surface area (Å²) in [4.78, 5) is 31.2. The molecular formula is C27H29FN4O3. The zero-order chi connectivity index (χ0) is 24.3. The molecule has 0 radical (unpaired) electrons. The predicted octanol–water partition coefficient (Wildman–Crippen LogP) is 5.01. The van der Waals surface area contributed by atoms with E-state index in [0.29, 0.717) is 40.5 Å². The molecule has 2 aromatic heterocycles. The summed E-state index contributed by atoms with van der Waals surface area (Å²) in [6.07, 6.45) is 6.91. The Labute approximate surface area is 203 Å². The third kappa shape index (κ3) is 4.09. The summed E-state index contributed by atoms with van der Waals surface area (Å²) in [6.45, 7) is 2.85. The van der Waals surface area contributed by atoms with E-state index in [2.05, 4.69) is 17.0 Å². The van der Waals surface area contributed by atoms with E-state index >= 15 is 4.39 Å². The van der Waals surface area contributed by atoms with Crippen LogP contribution in [0.15, 0.2) is 30.3 Å². The number of benzene rings is 1. The van der Waals surface area contributed by atoms with Gasteiger partial charge in [0.05, 0.1) is 11.6 Å². The highest BCUT2D eigenvalue weighted by Gasteiger charge is 2.44. The number of amides is 1. The van der Waals surface area contributed by atoms with Gasteiger partial charge in [-0.2, -0.15) is 5.10 Å². The zero-order valence-corrected chi connectivity index (χ0v) is 19.8. The summed E-state index contributed by atoms with van der Waals surface area (Å²) >= 11 is 0. The van der Waals surface area contributed by atoms with Gasteiger partial charge in [0, 0.05) is 35.8 Å². The van der Waals surface area contributed by atoms with Gasteiger partial charge < -0.3 is 10.0 Å². The minimum Gasteiger partial charge on any atom is -0.481 e. The standard InChI is InChI=1S/C27H29FN4O3/c1-15-5-3-2-4-10-31(15)26(33)23-13-24(16-6-7-16)32-25(29-23)14-22(30-32)18-9-8-17(11-21(18)28)19-12-20(19)27(34)35/h8-9,11,13-16,19-20H,2-7,10,12H2,1H3,(H,34,35)/t15-,19?,20-/m1/s1. The van der Waals surface area contributed by atoms with E-state index in [1.54, 1.807) is 22.7 Å². The van der Waals surface area contributed by atoms with Crippen LogP contribution in [-0.2, 0) is 4.79 Å². The van der Waals surface area contributed by atoms with E-state index in [1.165, 1.54) is 6.07 Å². The largest absolute Gasteiger partial charge is 0.481 e. The Hall–Kier alpha value is -3.29. The number of carbonyl (C=O) groups is 2. The normalized spacial score (nSPS) is 24.4. The van der Waals surface area contributed by atoms with E-state index in [1.807, 2.05) is 11.0 Å². The Balaban J connectivity index is 1.35. The van der Waals surface area contributed by atoms with Crippen molar-refractivity contribution >= 4 is 17.5 Å². The van der Waals surface area contributed by atoms with Crippen LogP contribution in [0.2, 0.25) is 0 Å². The Morgan fingerprint density at radius 1 is 1.09 bits per heavy atom. The van der Waals surface area contributed by atoms with E-state index in [-0.39, 0.29) is 17.9 Å². The summed E-state index contributed by atoms with van der Waals surface area (Å²) in [5.41, 5.74) is 3.45. The van der Waals surface area contributed by atoms with Crippen molar-refractivity contribution in [3.8, 4) is 11.3 Å². The number of hydrogen-bond acceptors (Lipinski definition) is 4. The molecule has 7 nitrogen and oxygen atoms in total. The number of nitrogens with zero attached hydrogens (tertiary/aromatic N) is 4. The van der Waals surface area contributed by atoms with Gasteiger partial charge in [-0.05, 0) is 68.7 Å². The first-order valence-electron chi connectivity index (χ1n) is 12.6. The number of halogens is 1. The van der Waals surface area contributed by atoms with Gasteiger partial charge in [-0.3, -0.25) is 9.59 Å². The molecule has 1 saturated heterocycles. The van der Waals surface area contributed by atoms with Crippen LogP contribution in [0.5, 0.6) is 0 Å². The quantitative estimate of drug-likeness (QED) is 0.560. The Kier molecular flexibility index (Phi) is 5.34. The van der Waals surface area contributed by atoms with Crippen molar-refractivity contribution in [2.45, 2.75) is 69.7 Å². The minimum atomic E-state index is -0.835. The van der Waals surface area contributed by atoms with Crippen LogP contribution in [-0.4, -0.2) is 49.1 Å². The summed E-state index contributed by atoms with van der Waals surface area (Å²) < 4.78 is 16.9. The van der Waals surface area contributed by atoms with Crippen LogP contribution < -0.4 is 0 Å². The number of carboxylic acids is 1. The first-order chi connectivity index (χ1) is 16.9. The maximum absolute atomic E-state index is 15.1. The van der Waals surface area contributed by atoms with Crippen molar-refractivity contribution < 1.29 is 19.1 Å². The molecule has 1 aromatic carbocycles. The summed E-state index contributed by atoms with van der Waals surface area (Å²) in [5, 5.41) is 13.9. The van der Waals surface area contributed by atoms with Crippen LogP contribution in [0.3, 0.4) is 0 Å². The van der Waals surface area contributed by atoms with Crippen molar-refractivity contribution in [3.05, 3.63) is 53.1 Å². The average Bonchev–Trinajstić information content (AvgIpc) is 3.74. The monoisotopic (exact) mass is 476 g/mol. The minimum absolute atomic E-state index is 0.0421. The Morgan fingerprint density at radius 2 is 1.91 bits per heavy atom. The topological polar surface area (TPSA) is 87.8 Å². The SMILES string of the molecule is C[C@@H]1CCCCCN1C(=O)c1cc(C2CC2)n2nc(-c3ccc(C4C[C@H]4C(=O)O)cc3F)cc2n1. The van der Waals surface area contributed by atoms with Gasteiger partial charge in [0.15, 0.2) is 5.65 Å². The molecular weight excluding hydrogens is 447 g/mol. The second-order valence-electron chi connectivity index (χ2n) is 10.4. The number of aliphatic carboxylic acids is 1. The first kappa shape index (κ1) is 22.2. The maximum atomic E-state index is 15.1. The molecule has 8 heteroatoms. The maximum Gasteiger partial charge on any atom is 0.307 e. The molecule has 35 heavy (non-hydrogen) atoms. The van der Waals surface area contributed by atoms with Gasteiger partial charge in [-0.15, -0.1) is 0 Å². The average molecular weight is 477 g/mol. The molecule has 182 valence electrons. The van der Waals surface area contributed by atoms with Gasteiger partial charge in [-0.25, -0.2) is 13.9 Å². The molecule has 6 rings (SSSR count). The van der Waals surface area contributed by atoms with Crippen molar-refractivity contribution in [2.24, 2.45) is 5.92 Å². The second kappa shape index (κ2) is 8.43. The lowest BCUT2D eigenvalue weighted by molar-refractivity contribution is -0.138. The highest BCUT2D eigenvalue weighted by Crippen LogP contribution is 2.48. The third-order valence-electron chi connectivity index (χ3n) is 7.79. The van der Waals surface area contributed by atoms with Crippen LogP contribution >= 0.6 is 0 Å². The number of carbonyl (C=O) groups excluding carboxylic acids is 1. The summed E-state index contributed by atoms with van der Waals surface area (Å²) in [7, 11) is 0. The molecule has 3 aromatic rings. The fourth-order valence-electron chi connectivity index (χ4n) is 5.44. The fraction of sp³-hybridized carbons (Fsp3) is 0.481. The van der Waals surface area contributed by atoms with Gasteiger partial charge in [-0.1, -0.05) is 18.9 Å². The molecule has 2 saturated carbocycles. The third-order valence-corrected chi connectivity index (χ3v) is 7.79. The molecule has 3 aliphatic rings. The zero-order valence-electron chi connectivity index (χ0n) is 19.8. The van der Waals surface area contributed by atoms with E-state index in [9.17, 15) is 14.7 Å². The fourth-order valence-corrected chi connectivity index (χ4v) is 5.44. The van der Waals surface area contributed by atoms with Crippen molar-refractivity contribution in [1.29, 1.82) is 0 Å². The van der Waals surface area contributed by atoms with Gasteiger partial charge in [0.1, 0.15) is 11.5 Å². The van der Waals surface area contributed by atoms with Gasteiger partial charge in [0.25, 0.3) is 5.91 Å². The smallest absolute Gasteiger partial charge is 0.307 e. The van der Waals surface area contributed by atoms with E-state index < -0.39 is 17.7 Å². The van der Waals surface area contributed by atoms with Gasteiger partial charge >= 0.3 is 5.97 Å². The number of likely N-dealkylation sites (tertiary alicyclic amines) is 1. The number of rotatable bonds is 5. The molecule has 3 atom stereocenters. The molecule has 1 amide bonds. The van der Waals surface area contributed by atoms with Gasteiger partial charge in [0.2, 0.25) is 0 Å². The van der Waals surface area contributed by atoms with Crippen molar-refractivity contribution in [2.75, 3.05) is 6.54 Å². The molecule has 2 aliphatic carbocycles. The molecule has 3 heterocycles. The van der Waals surface area contributed by atoms with Crippen molar-refractivity contribution in [1.82, 2.24) is 19.5 Å². The number of carboxylic acid groups (broad SMARTS) is 1. The highest BCUT2D eigenvalue weighted by atomic mass is 19.1. The summed E-state index contributed by atoms with van der Waals surface area (Å²) in [5.74, 6) is -1.53. The van der Waals surface area contributed by atoms with Crippen LogP contribution in [0.1, 0.15) is 85.5 Å². The molecule has 1 unspecified atom stereocenters. The predicted molar refractivity (Wildman–Crippen MR) is 128 cm³/mol. The van der Waals surface area contributed by atoms with Crippen molar-refractivity contribution in [3.63, 3.8) is 0 Å². The number of fused-ring (bicyclic) bond motifs is 1. The van der Waals surface area contributed by atoms with E-state index in [0.717, 1.165) is 50.8 Å². The lowest BCUT2D eigenvalue weighted by atomic mass is 10.0. The van der Waals surface area contributed by atoms with E-state index in [4.69, 9.17) is 0 Å².